The maximum Gasteiger partial charge on any atom is 0.335 e. The normalized spacial score (nSPS) is 17.9. The second kappa shape index (κ2) is 7.06. The molecule has 1 aromatic carbocycles. The highest BCUT2D eigenvalue weighted by Crippen LogP contribution is 2.32. The summed E-state index contributed by atoms with van der Waals surface area (Å²) in [6, 6.07) is 2.93. The second-order valence-electron chi connectivity index (χ2n) is 6.71. The first-order valence-corrected chi connectivity index (χ1v) is 7.82. The Bertz CT molecular complexity index is 698. The lowest BCUT2D eigenvalue weighted by atomic mass is 10.1. The van der Waals surface area contributed by atoms with Gasteiger partial charge in [0, 0.05) is 25.7 Å². The smallest absolute Gasteiger partial charge is 0.335 e. The van der Waals surface area contributed by atoms with Gasteiger partial charge in [-0.25, -0.2) is 9.59 Å². The highest BCUT2D eigenvalue weighted by atomic mass is 16.6. The summed E-state index contributed by atoms with van der Waals surface area (Å²) in [5, 5.41) is 23.5. The van der Waals surface area contributed by atoms with Gasteiger partial charge in [-0.1, -0.05) is 0 Å². The third-order valence-electron chi connectivity index (χ3n) is 3.65. The van der Waals surface area contributed by atoms with E-state index in [0.717, 1.165) is 6.07 Å². The zero-order valence-corrected chi connectivity index (χ0v) is 14.3. The predicted molar refractivity (Wildman–Crippen MR) is 89.9 cm³/mol. The van der Waals surface area contributed by atoms with Crippen LogP contribution in [0.2, 0.25) is 0 Å². The lowest BCUT2D eigenvalue weighted by Crippen LogP contribution is -2.56. The highest BCUT2D eigenvalue weighted by Gasteiger charge is 2.35. The van der Waals surface area contributed by atoms with Crippen LogP contribution in [0.5, 0.6) is 0 Å². The molecule has 2 N–H and O–H groups in total. The quantitative estimate of drug-likeness (QED) is 0.474. The van der Waals surface area contributed by atoms with Crippen molar-refractivity contribution in [3.63, 3.8) is 0 Å². The van der Waals surface area contributed by atoms with Crippen molar-refractivity contribution in [3.05, 3.63) is 33.9 Å². The number of carboxylic acid groups (broad SMARTS) is 1. The standard InChI is InChI=1S/C16H21N3O6/c1-16(2,3)25-15(22)13-9-17-6-7-18(13)11-5-4-10(14(20)21)8-12(11)19(23)24/h4-5,8,13,17H,6-7,9H2,1-3H3,(H,20,21)/t13-/m1/s1. The number of piperazine rings is 1. The Kier molecular flexibility index (Phi) is 5.27. The summed E-state index contributed by atoms with van der Waals surface area (Å²) in [6.45, 7) is 6.42. The second-order valence-corrected chi connectivity index (χ2v) is 6.71. The number of nitrogens with one attached hydrogen (secondary N) is 1. The lowest BCUT2D eigenvalue weighted by molar-refractivity contribution is -0.384. The summed E-state index contributed by atoms with van der Waals surface area (Å²) in [5.41, 5.74) is -1.01. The van der Waals surface area contributed by atoms with Gasteiger partial charge in [0.25, 0.3) is 5.69 Å². The number of carbonyl (C=O) groups excluding carboxylic acids is 1. The number of nitro groups is 1. The molecule has 0 aliphatic carbocycles. The minimum absolute atomic E-state index is 0.181. The van der Waals surface area contributed by atoms with Crippen LogP contribution in [0.3, 0.4) is 0 Å². The average molecular weight is 351 g/mol. The molecule has 1 aliphatic rings. The number of hydrogen-bond donors (Lipinski definition) is 2. The molecule has 136 valence electrons. The highest BCUT2D eigenvalue weighted by molar-refractivity contribution is 5.90. The van der Waals surface area contributed by atoms with Gasteiger partial charge in [-0.2, -0.15) is 0 Å². The molecule has 9 nitrogen and oxygen atoms in total. The van der Waals surface area contributed by atoms with E-state index in [2.05, 4.69) is 5.32 Å². The van der Waals surface area contributed by atoms with Crippen molar-refractivity contribution in [1.29, 1.82) is 0 Å². The van der Waals surface area contributed by atoms with E-state index in [1.165, 1.54) is 12.1 Å². The van der Waals surface area contributed by atoms with E-state index in [0.29, 0.717) is 13.1 Å². The van der Waals surface area contributed by atoms with Gasteiger partial charge in [0.2, 0.25) is 0 Å². The molecule has 1 saturated heterocycles. The summed E-state index contributed by atoms with van der Waals surface area (Å²) >= 11 is 0. The molecule has 2 rings (SSSR count). The Labute approximate surface area is 144 Å². The van der Waals surface area contributed by atoms with Crippen molar-refractivity contribution in [2.75, 3.05) is 24.5 Å². The first kappa shape index (κ1) is 18.7. The van der Waals surface area contributed by atoms with Crippen LogP contribution in [0, 0.1) is 10.1 Å². The van der Waals surface area contributed by atoms with Crippen LogP contribution < -0.4 is 10.2 Å². The molecule has 0 bridgehead atoms. The molecule has 1 aliphatic heterocycles. The van der Waals surface area contributed by atoms with E-state index >= 15 is 0 Å². The van der Waals surface area contributed by atoms with Gasteiger partial charge in [0.15, 0.2) is 0 Å². The first-order valence-electron chi connectivity index (χ1n) is 7.82. The number of benzene rings is 1. The summed E-state index contributed by atoms with van der Waals surface area (Å²) < 4.78 is 5.41. The van der Waals surface area contributed by atoms with Crippen molar-refractivity contribution in [2.24, 2.45) is 0 Å². The molecular formula is C16H21N3O6. The van der Waals surface area contributed by atoms with Crippen LogP contribution in [0.15, 0.2) is 18.2 Å². The molecule has 0 saturated carbocycles. The van der Waals surface area contributed by atoms with E-state index in [4.69, 9.17) is 9.84 Å². The van der Waals surface area contributed by atoms with Gasteiger partial charge in [-0.3, -0.25) is 10.1 Å². The van der Waals surface area contributed by atoms with Gasteiger partial charge in [0.1, 0.15) is 17.3 Å². The van der Waals surface area contributed by atoms with Crippen LogP contribution in [0.1, 0.15) is 31.1 Å². The minimum atomic E-state index is -1.25. The van der Waals surface area contributed by atoms with Crippen LogP contribution in [0.4, 0.5) is 11.4 Å². The molecule has 9 heteroatoms. The van der Waals surface area contributed by atoms with Crippen molar-refractivity contribution in [2.45, 2.75) is 32.4 Å². The number of esters is 1. The van der Waals surface area contributed by atoms with E-state index in [1.54, 1.807) is 25.7 Å². The number of aromatic carboxylic acids is 1. The first-order chi connectivity index (χ1) is 11.6. The predicted octanol–water partition coefficient (Wildman–Crippen LogP) is 1.41. The summed E-state index contributed by atoms with van der Waals surface area (Å²) in [6.07, 6.45) is 0. The maximum absolute atomic E-state index is 12.5. The largest absolute Gasteiger partial charge is 0.478 e. The Morgan fingerprint density at radius 1 is 1.40 bits per heavy atom. The fraction of sp³-hybridized carbons (Fsp3) is 0.500. The van der Waals surface area contributed by atoms with Gasteiger partial charge in [0.05, 0.1) is 10.5 Å². The average Bonchev–Trinajstić information content (AvgIpc) is 2.52. The number of anilines is 1. The number of carbonyl (C=O) groups is 2. The summed E-state index contributed by atoms with van der Waals surface area (Å²) in [5.74, 6) is -1.74. The zero-order valence-electron chi connectivity index (χ0n) is 14.3. The number of rotatable bonds is 4. The molecule has 0 spiro atoms. The van der Waals surface area contributed by atoms with Crippen molar-refractivity contribution < 1.29 is 24.4 Å². The topological polar surface area (TPSA) is 122 Å². The molecular weight excluding hydrogens is 330 g/mol. The summed E-state index contributed by atoms with van der Waals surface area (Å²) in [7, 11) is 0. The molecule has 25 heavy (non-hydrogen) atoms. The molecule has 0 radical (unpaired) electrons. The zero-order chi connectivity index (χ0) is 18.8. The Balaban J connectivity index is 2.41. The van der Waals surface area contributed by atoms with Crippen molar-refractivity contribution >= 4 is 23.3 Å². The third kappa shape index (κ3) is 4.44. The van der Waals surface area contributed by atoms with Crippen LogP contribution in [-0.4, -0.2) is 53.2 Å². The Morgan fingerprint density at radius 3 is 2.64 bits per heavy atom. The molecule has 0 aromatic heterocycles. The molecule has 0 unspecified atom stereocenters. The maximum atomic E-state index is 12.5. The number of hydrogen-bond acceptors (Lipinski definition) is 7. The van der Waals surface area contributed by atoms with Gasteiger partial charge >= 0.3 is 11.9 Å². The monoisotopic (exact) mass is 351 g/mol. The molecule has 1 fully saturated rings. The minimum Gasteiger partial charge on any atom is -0.478 e. The summed E-state index contributed by atoms with van der Waals surface area (Å²) in [4.78, 5) is 35.9. The molecule has 1 heterocycles. The van der Waals surface area contributed by atoms with E-state index in [9.17, 15) is 19.7 Å². The fourth-order valence-corrected chi connectivity index (χ4v) is 2.62. The number of carboxylic acids is 1. The third-order valence-corrected chi connectivity index (χ3v) is 3.65. The lowest BCUT2D eigenvalue weighted by Gasteiger charge is -2.37. The van der Waals surface area contributed by atoms with Crippen molar-refractivity contribution in [1.82, 2.24) is 5.32 Å². The Hall–Kier alpha value is -2.68. The van der Waals surface area contributed by atoms with Crippen molar-refractivity contribution in [3.8, 4) is 0 Å². The van der Waals surface area contributed by atoms with E-state index in [-0.39, 0.29) is 23.5 Å². The van der Waals surface area contributed by atoms with Gasteiger partial charge in [-0.15, -0.1) is 0 Å². The van der Waals surface area contributed by atoms with Gasteiger partial charge < -0.3 is 20.1 Å². The van der Waals surface area contributed by atoms with E-state index in [1.807, 2.05) is 0 Å². The number of nitrogens with zero attached hydrogens (tertiary/aromatic N) is 2. The SMILES string of the molecule is CC(C)(C)OC(=O)[C@H]1CNCCN1c1ccc(C(=O)O)cc1[N+](=O)[O-]. The fourth-order valence-electron chi connectivity index (χ4n) is 2.62. The van der Waals surface area contributed by atoms with Crippen LogP contribution in [-0.2, 0) is 9.53 Å². The number of ether oxygens (including phenoxy) is 1. The van der Waals surface area contributed by atoms with Crippen LogP contribution >= 0.6 is 0 Å². The van der Waals surface area contributed by atoms with E-state index < -0.39 is 28.5 Å². The molecule has 1 atom stereocenters. The molecule has 1 aromatic rings. The van der Waals surface area contributed by atoms with Gasteiger partial charge in [-0.05, 0) is 32.9 Å². The Morgan fingerprint density at radius 2 is 2.08 bits per heavy atom. The number of nitro benzene ring substituents is 1. The molecule has 0 amide bonds. The van der Waals surface area contributed by atoms with Crippen LogP contribution in [0.25, 0.3) is 0 Å².